The van der Waals surface area contributed by atoms with Gasteiger partial charge in [-0.2, -0.15) is 5.26 Å². The first kappa shape index (κ1) is 13.3. The molecule has 0 amide bonds. The van der Waals surface area contributed by atoms with E-state index < -0.39 is 0 Å². The number of hydrogen-bond acceptors (Lipinski definition) is 4. The minimum Gasteiger partial charge on any atom is -0.399 e. The van der Waals surface area contributed by atoms with Gasteiger partial charge in [-0.1, -0.05) is 24.3 Å². The lowest BCUT2D eigenvalue weighted by molar-refractivity contribution is 0.751. The zero-order valence-corrected chi connectivity index (χ0v) is 12.3. The number of nitriles is 1. The van der Waals surface area contributed by atoms with E-state index in [0.29, 0.717) is 18.7 Å². The molecule has 4 aromatic rings. The zero-order valence-electron chi connectivity index (χ0n) is 12.3. The largest absolute Gasteiger partial charge is 0.399 e. The molecule has 0 unspecified atom stereocenters. The molecule has 0 aliphatic carbocycles. The molecule has 112 valence electrons. The monoisotopic (exact) mass is 302 g/mol. The number of para-hydroxylation sites is 2. The van der Waals surface area contributed by atoms with Gasteiger partial charge in [0, 0.05) is 17.8 Å². The van der Waals surface area contributed by atoms with Crippen molar-refractivity contribution in [1.82, 2.24) is 19.2 Å². The molecule has 23 heavy (non-hydrogen) atoms. The van der Waals surface area contributed by atoms with Gasteiger partial charge >= 0.3 is 0 Å². The van der Waals surface area contributed by atoms with Crippen LogP contribution in [0.5, 0.6) is 0 Å². The SMILES string of the molecule is N#CCCn1c2ccccc2n2c(-c3cccc(N)c3)nnc12. The number of nitrogens with two attached hydrogens (primary N) is 1. The molecule has 0 aliphatic rings. The van der Waals surface area contributed by atoms with Gasteiger partial charge in [-0.25, -0.2) is 0 Å². The molecule has 4 rings (SSSR count). The lowest BCUT2D eigenvalue weighted by Crippen LogP contribution is -1.97. The highest BCUT2D eigenvalue weighted by Crippen LogP contribution is 2.27. The Morgan fingerprint density at radius 1 is 1.04 bits per heavy atom. The molecular weight excluding hydrogens is 288 g/mol. The maximum absolute atomic E-state index is 8.90. The van der Waals surface area contributed by atoms with Crippen molar-refractivity contribution >= 4 is 22.5 Å². The van der Waals surface area contributed by atoms with Crippen LogP contribution in [-0.4, -0.2) is 19.2 Å². The van der Waals surface area contributed by atoms with E-state index in [4.69, 9.17) is 11.0 Å². The third-order valence-electron chi connectivity index (χ3n) is 3.89. The number of fused-ring (bicyclic) bond motifs is 3. The van der Waals surface area contributed by atoms with Crippen LogP contribution in [-0.2, 0) is 6.54 Å². The van der Waals surface area contributed by atoms with Crippen molar-refractivity contribution in [3.8, 4) is 17.5 Å². The van der Waals surface area contributed by atoms with Gasteiger partial charge < -0.3 is 10.3 Å². The van der Waals surface area contributed by atoms with Gasteiger partial charge in [0.1, 0.15) is 0 Å². The van der Waals surface area contributed by atoms with Crippen molar-refractivity contribution in [3.05, 3.63) is 48.5 Å². The molecule has 2 heterocycles. The molecule has 2 N–H and O–H groups in total. The molecule has 0 spiro atoms. The second-order valence-electron chi connectivity index (χ2n) is 5.33. The average molecular weight is 302 g/mol. The molecule has 2 aromatic heterocycles. The normalized spacial score (nSPS) is 11.1. The smallest absolute Gasteiger partial charge is 0.236 e. The van der Waals surface area contributed by atoms with E-state index >= 15 is 0 Å². The summed E-state index contributed by atoms with van der Waals surface area (Å²) in [6.07, 6.45) is 0.425. The molecule has 0 radical (unpaired) electrons. The lowest BCUT2D eigenvalue weighted by Gasteiger charge is -2.00. The first-order valence-corrected chi connectivity index (χ1v) is 7.35. The Kier molecular flexibility index (Phi) is 2.98. The standard InChI is InChI=1S/C17H14N6/c18-9-4-10-22-14-7-1-2-8-15(14)23-16(20-21-17(22)23)12-5-3-6-13(19)11-12/h1-3,5-8,11H,4,10,19H2. The number of rotatable bonds is 3. The Labute approximate surface area is 132 Å². The Morgan fingerprint density at radius 3 is 2.65 bits per heavy atom. The maximum Gasteiger partial charge on any atom is 0.236 e. The van der Waals surface area contributed by atoms with Crippen LogP contribution in [0.25, 0.3) is 28.2 Å². The van der Waals surface area contributed by atoms with Crippen LogP contribution in [0.15, 0.2) is 48.5 Å². The van der Waals surface area contributed by atoms with E-state index in [2.05, 4.69) is 16.3 Å². The summed E-state index contributed by atoms with van der Waals surface area (Å²) in [6, 6.07) is 17.8. The van der Waals surface area contributed by atoms with E-state index in [9.17, 15) is 0 Å². The quantitative estimate of drug-likeness (QED) is 0.590. The van der Waals surface area contributed by atoms with Gasteiger partial charge in [-0.15, -0.1) is 10.2 Å². The molecule has 0 atom stereocenters. The van der Waals surface area contributed by atoms with Crippen LogP contribution in [0.1, 0.15) is 6.42 Å². The Bertz CT molecular complexity index is 1050. The summed E-state index contributed by atoms with van der Waals surface area (Å²) in [6.45, 7) is 0.586. The molecule has 0 aliphatic heterocycles. The zero-order chi connectivity index (χ0) is 15.8. The summed E-state index contributed by atoms with van der Waals surface area (Å²) < 4.78 is 4.04. The highest BCUT2D eigenvalue weighted by molar-refractivity contribution is 5.83. The fraction of sp³-hybridized carbons (Fsp3) is 0.118. The fourth-order valence-corrected chi connectivity index (χ4v) is 2.91. The summed E-state index contributed by atoms with van der Waals surface area (Å²) in [5, 5.41) is 17.6. The Morgan fingerprint density at radius 2 is 1.87 bits per heavy atom. The van der Waals surface area contributed by atoms with E-state index in [1.165, 1.54) is 0 Å². The van der Waals surface area contributed by atoms with Crippen molar-refractivity contribution < 1.29 is 0 Å². The molecule has 6 nitrogen and oxygen atoms in total. The molecule has 0 saturated carbocycles. The summed E-state index contributed by atoms with van der Waals surface area (Å²) in [5.74, 6) is 1.48. The van der Waals surface area contributed by atoms with Crippen LogP contribution in [0.3, 0.4) is 0 Å². The fourth-order valence-electron chi connectivity index (χ4n) is 2.91. The lowest BCUT2D eigenvalue weighted by atomic mass is 10.2. The van der Waals surface area contributed by atoms with Gasteiger partial charge in [-0.05, 0) is 24.3 Å². The number of nitrogens with zero attached hydrogens (tertiary/aromatic N) is 5. The van der Waals surface area contributed by atoms with Crippen LogP contribution >= 0.6 is 0 Å². The van der Waals surface area contributed by atoms with E-state index in [0.717, 1.165) is 28.2 Å². The number of aromatic nitrogens is 4. The van der Waals surface area contributed by atoms with Gasteiger partial charge in [0.25, 0.3) is 0 Å². The highest BCUT2D eigenvalue weighted by atomic mass is 15.3. The molecule has 6 heteroatoms. The molecule has 2 aromatic carbocycles. The summed E-state index contributed by atoms with van der Waals surface area (Å²) >= 11 is 0. The molecule has 0 fully saturated rings. The number of hydrogen-bond donors (Lipinski definition) is 1. The van der Waals surface area contributed by atoms with Gasteiger partial charge in [-0.3, -0.25) is 4.40 Å². The van der Waals surface area contributed by atoms with Crippen molar-refractivity contribution in [1.29, 1.82) is 5.26 Å². The predicted molar refractivity (Wildman–Crippen MR) is 88.6 cm³/mol. The second-order valence-corrected chi connectivity index (χ2v) is 5.33. The Hall–Kier alpha value is -3.33. The second kappa shape index (κ2) is 5.14. The maximum atomic E-state index is 8.90. The number of benzene rings is 2. The minimum absolute atomic E-state index is 0.425. The van der Waals surface area contributed by atoms with Crippen LogP contribution in [0, 0.1) is 11.3 Å². The molecular formula is C17H14N6. The van der Waals surface area contributed by atoms with Crippen LogP contribution in [0.2, 0.25) is 0 Å². The summed E-state index contributed by atoms with van der Waals surface area (Å²) in [7, 11) is 0. The first-order valence-electron chi connectivity index (χ1n) is 7.35. The number of aryl methyl sites for hydroxylation is 1. The summed E-state index contributed by atoms with van der Waals surface area (Å²) in [4.78, 5) is 0. The van der Waals surface area contributed by atoms with Crippen molar-refractivity contribution in [2.45, 2.75) is 13.0 Å². The topological polar surface area (TPSA) is 84.9 Å². The highest BCUT2D eigenvalue weighted by Gasteiger charge is 2.17. The van der Waals surface area contributed by atoms with Crippen molar-refractivity contribution in [2.75, 3.05) is 5.73 Å². The summed E-state index contributed by atoms with van der Waals surface area (Å²) in [5.41, 5.74) is 9.55. The van der Waals surface area contributed by atoms with Crippen molar-refractivity contribution in [3.63, 3.8) is 0 Å². The Balaban J connectivity index is 2.04. The number of nitrogen functional groups attached to an aromatic ring is 1. The number of anilines is 1. The molecule has 0 bridgehead atoms. The van der Waals surface area contributed by atoms with E-state index in [1.54, 1.807) is 0 Å². The van der Waals surface area contributed by atoms with Gasteiger partial charge in [0.2, 0.25) is 5.78 Å². The van der Waals surface area contributed by atoms with Crippen molar-refractivity contribution in [2.24, 2.45) is 0 Å². The average Bonchev–Trinajstić information content (AvgIpc) is 3.12. The van der Waals surface area contributed by atoms with Gasteiger partial charge in [0.15, 0.2) is 5.82 Å². The van der Waals surface area contributed by atoms with Crippen LogP contribution < -0.4 is 5.73 Å². The predicted octanol–water partition coefficient (Wildman–Crippen LogP) is 2.85. The number of imidazole rings is 1. The van der Waals surface area contributed by atoms with Gasteiger partial charge in [0.05, 0.1) is 23.5 Å². The van der Waals surface area contributed by atoms with E-state index in [1.807, 2.05) is 57.5 Å². The third-order valence-corrected chi connectivity index (χ3v) is 3.89. The molecule has 0 saturated heterocycles. The van der Waals surface area contributed by atoms with Crippen LogP contribution in [0.4, 0.5) is 5.69 Å². The first-order chi connectivity index (χ1) is 11.3. The third kappa shape index (κ3) is 2.02. The van der Waals surface area contributed by atoms with E-state index in [-0.39, 0.29) is 0 Å². The minimum atomic E-state index is 0.425.